The molecule has 0 bridgehead atoms. The molecule has 4 aromatic rings. The van der Waals surface area contributed by atoms with Crippen molar-refractivity contribution < 1.29 is 9.59 Å². The summed E-state index contributed by atoms with van der Waals surface area (Å²) in [6, 6.07) is 27.1. The van der Waals surface area contributed by atoms with Crippen LogP contribution in [0.5, 0.6) is 0 Å². The van der Waals surface area contributed by atoms with Crippen molar-refractivity contribution in [3.8, 4) is 0 Å². The normalized spacial score (nSPS) is 12.6. The molecule has 0 saturated heterocycles. The van der Waals surface area contributed by atoms with Crippen molar-refractivity contribution in [2.24, 2.45) is 5.10 Å². The minimum atomic E-state index is -0.280. The lowest BCUT2D eigenvalue weighted by Crippen LogP contribution is -2.26. The van der Waals surface area contributed by atoms with E-state index >= 15 is 0 Å². The first kappa shape index (κ1) is 20.6. The average Bonchev–Trinajstić information content (AvgIpc) is 3.13. The van der Waals surface area contributed by atoms with Crippen LogP contribution < -0.4 is 10.3 Å². The summed E-state index contributed by atoms with van der Waals surface area (Å²) in [7, 11) is 0. The minimum Gasteiger partial charge on any atom is -0.303 e. The maximum Gasteiger partial charge on any atom is 0.271 e. The van der Waals surface area contributed by atoms with Gasteiger partial charge in [0.15, 0.2) is 0 Å². The van der Waals surface area contributed by atoms with E-state index in [0.29, 0.717) is 12.1 Å². The number of nitrogens with one attached hydrogen (secondary N) is 1. The SMILES string of the molecule is CCc1ccc(C=NNC(=O)c2ccc(CN3C(=O)c4cccc5cccc3c45)cc2)cc1. The van der Waals surface area contributed by atoms with Gasteiger partial charge in [-0.15, -0.1) is 0 Å². The Hall–Kier alpha value is -4.25. The predicted octanol–water partition coefficient (Wildman–Crippen LogP) is 5.33. The van der Waals surface area contributed by atoms with E-state index in [1.807, 2.05) is 72.8 Å². The van der Waals surface area contributed by atoms with Crippen LogP contribution in [-0.2, 0) is 13.0 Å². The highest BCUT2D eigenvalue weighted by molar-refractivity contribution is 6.24. The van der Waals surface area contributed by atoms with Gasteiger partial charge in [-0.2, -0.15) is 5.10 Å². The van der Waals surface area contributed by atoms with Gasteiger partial charge in [0.2, 0.25) is 0 Å². The largest absolute Gasteiger partial charge is 0.303 e. The van der Waals surface area contributed by atoms with E-state index in [1.165, 1.54) is 5.56 Å². The molecule has 1 heterocycles. The second kappa shape index (κ2) is 8.71. The first-order valence-electron chi connectivity index (χ1n) is 11.0. The van der Waals surface area contributed by atoms with Gasteiger partial charge in [0.25, 0.3) is 11.8 Å². The summed E-state index contributed by atoms with van der Waals surface area (Å²) < 4.78 is 0. The molecule has 0 radical (unpaired) electrons. The Morgan fingerprint density at radius 2 is 1.61 bits per heavy atom. The fourth-order valence-corrected chi connectivity index (χ4v) is 4.15. The van der Waals surface area contributed by atoms with E-state index in [1.54, 1.807) is 23.2 Å². The van der Waals surface area contributed by atoms with E-state index in [-0.39, 0.29) is 11.8 Å². The molecule has 0 atom stereocenters. The number of benzene rings is 4. The maximum absolute atomic E-state index is 13.0. The second-order valence-corrected chi connectivity index (χ2v) is 8.06. The second-order valence-electron chi connectivity index (χ2n) is 8.06. The van der Waals surface area contributed by atoms with Crippen LogP contribution in [0.25, 0.3) is 10.8 Å². The Morgan fingerprint density at radius 1 is 0.909 bits per heavy atom. The molecular weight excluding hydrogens is 410 g/mol. The van der Waals surface area contributed by atoms with E-state index < -0.39 is 0 Å². The molecular formula is C28H23N3O2. The van der Waals surface area contributed by atoms with Gasteiger partial charge in [-0.3, -0.25) is 9.59 Å². The average molecular weight is 434 g/mol. The zero-order chi connectivity index (χ0) is 22.8. The number of amides is 2. The molecule has 162 valence electrons. The summed E-state index contributed by atoms with van der Waals surface area (Å²) in [5.41, 5.74) is 7.87. The number of nitrogens with zero attached hydrogens (tertiary/aromatic N) is 2. The molecule has 1 aliphatic heterocycles. The van der Waals surface area contributed by atoms with E-state index in [4.69, 9.17) is 0 Å². The van der Waals surface area contributed by atoms with Crippen LogP contribution in [0.4, 0.5) is 5.69 Å². The van der Waals surface area contributed by atoms with Crippen molar-refractivity contribution in [2.45, 2.75) is 19.9 Å². The van der Waals surface area contributed by atoms with Gasteiger partial charge >= 0.3 is 0 Å². The number of hydrazone groups is 1. The van der Waals surface area contributed by atoms with Gasteiger partial charge in [-0.25, -0.2) is 5.43 Å². The van der Waals surface area contributed by atoms with Gasteiger partial charge in [0.1, 0.15) is 0 Å². The highest BCUT2D eigenvalue weighted by atomic mass is 16.2. The summed E-state index contributed by atoms with van der Waals surface area (Å²) in [5.74, 6) is -0.276. The first-order chi connectivity index (χ1) is 16.1. The van der Waals surface area contributed by atoms with Gasteiger partial charge in [0, 0.05) is 16.5 Å². The smallest absolute Gasteiger partial charge is 0.271 e. The van der Waals surface area contributed by atoms with Crippen LogP contribution in [0.15, 0.2) is 90.0 Å². The zero-order valence-corrected chi connectivity index (χ0v) is 18.3. The number of aryl methyl sites for hydroxylation is 1. The Labute approximate surface area is 192 Å². The monoisotopic (exact) mass is 433 g/mol. The highest BCUT2D eigenvalue weighted by Crippen LogP contribution is 2.37. The molecule has 0 spiro atoms. The van der Waals surface area contributed by atoms with Gasteiger partial charge in [-0.1, -0.05) is 67.6 Å². The summed E-state index contributed by atoms with van der Waals surface area (Å²) >= 11 is 0. The van der Waals surface area contributed by atoms with Crippen molar-refractivity contribution in [3.05, 3.63) is 113 Å². The number of hydrogen-bond donors (Lipinski definition) is 1. The van der Waals surface area contributed by atoms with Crippen molar-refractivity contribution in [3.63, 3.8) is 0 Å². The highest BCUT2D eigenvalue weighted by Gasteiger charge is 2.29. The van der Waals surface area contributed by atoms with Crippen LogP contribution in [0, 0.1) is 0 Å². The molecule has 5 rings (SSSR count). The molecule has 1 N–H and O–H groups in total. The van der Waals surface area contributed by atoms with Gasteiger partial charge in [0.05, 0.1) is 18.4 Å². The molecule has 4 aromatic carbocycles. The summed E-state index contributed by atoms with van der Waals surface area (Å²) in [4.78, 5) is 27.2. The van der Waals surface area contributed by atoms with Crippen LogP contribution >= 0.6 is 0 Å². The minimum absolute atomic E-state index is 0.00456. The van der Waals surface area contributed by atoms with Crippen molar-refractivity contribution >= 4 is 34.5 Å². The number of carbonyl (C=O) groups excluding carboxylic acids is 2. The summed E-state index contributed by atoms with van der Waals surface area (Å²) in [6.07, 6.45) is 2.61. The fourth-order valence-electron chi connectivity index (χ4n) is 4.15. The van der Waals surface area contributed by atoms with E-state index in [2.05, 4.69) is 17.5 Å². The van der Waals surface area contributed by atoms with Crippen molar-refractivity contribution in [1.29, 1.82) is 0 Å². The fraction of sp³-hybridized carbons (Fsp3) is 0.107. The molecule has 0 aliphatic carbocycles. The lowest BCUT2D eigenvalue weighted by atomic mass is 10.1. The van der Waals surface area contributed by atoms with Crippen LogP contribution in [0.3, 0.4) is 0 Å². The van der Waals surface area contributed by atoms with Crippen LogP contribution in [0.2, 0.25) is 0 Å². The summed E-state index contributed by atoms with van der Waals surface area (Å²) in [6.45, 7) is 2.55. The standard InChI is InChI=1S/C28H23N3O2/c1-2-19-9-11-20(12-10-19)17-29-30-27(32)23-15-13-21(14-16-23)18-31-25-8-4-6-22-5-3-7-24(26(22)25)28(31)33/h3-17H,2,18H2,1H3,(H,30,32). The Morgan fingerprint density at radius 3 is 2.33 bits per heavy atom. The lowest BCUT2D eigenvalue weighted by Gasteiger charge is -2.18. The molecule has 2 amide bonds. The Balaban J connectivity index is 1.25. The third-order valence-electron chi connectivity index (χ3n) is 5.97. The quantitative estimate of drug-likeness (QED) is 0.330. The summed E-state index contributed by atoms with van der Waals surface area (Å²) in [5, 5.41) is 6.12. The van der Waals surface area contributed by atoms with E-state index in [9.17, 15) is 9.59 Å². The third kappa shape index (κ3) is 4.01. The Kier molecular flexibility index (Phi) is 5.45. The zero-order valence-electron chi connectivity index (χ0n) is 18.3. The lowest BCUT2D eigenvalue weighted by molar-refractivity contribution is 0.0953. The van der Waals surface area contributed by atoms with E-state index in [0.717, 1.165) is 39.6 Å². The molecule has 33 heavy (non-hydrogen) atoms. The number of carbonyl (C=O) groups is 2. The van der Waals surface area contributed by atoms with Crippen LogP contribution in [-0.4, -0.2) is 18.0 Å². The predicted molar refractivity (Wildman–Crippen MR) is 132 cm³/mol. The topological polar surface area (TPSA) is 61.8 Å². The number of anilines is 1. The molecule has 0 unspecified atom stereocenters. The van der Waals surface area contributed by atoms with Gasteiger partial charge in [-0.05, 0) is 52.8 Å². The molecule has 0 saturated carbocycles. The van der Waals surface area contributed by atoms with Crippen molar-refractivity contribution in [2.75, 3.05) is 4.90 Å². The third-order valence-corrected chi connectivity index (χ3v) is 5.97. The first-order valence-corrected chi connectivity index (χ1v) is 11.0. The maximum atomic E-state index is 13.0. The Bertz CT molecular complexity index is 1370. The number of hydrogen-bond acceptors (Lipinski definition) is 3. The van der Waals surface area contributed by atoms with Crippen molar-refractivity contribution in [1.82, 2.24) is 5.43 Å². The van der Waals surface area contributed by atoms with Gasteiger partial charge < -0.3 is 4.90 Å². The van der Waals surface area contributed by atoms with Crippen LogP contribution in [0.1, 0.15) is 44.3 Å². The molecule has 0 fully saturated rings. The molecule has 5 nitrogen and oxygen atoms in total. The molecule has 5 heteroatoms. The molecule has 0 aromatic heterocycles. The number of rotatable bonds is 6. The molecule has 1 aliphatic rings.